The number of rotatable bonds is 3. The van der Waals surface area contributed by atoms with Crippen LogP contribution in [0.3, 0.4) is 0 Å². The summed E-state index contributed by atoms with van der Waals surface area (Å²) >= 11 is 0. The molecule has 1 amide bonds. The second-order valence-corrected chi connectivity index (χ2v) is 8.54. The minimum absolute atomic E-state index is 0.0439. The molecule has 0 unspecified atom stereocenters. The number of hydrogen-bond acceptors (Lipinski definition) is 3. The first-order chi connectivity index (χ1) is 12.7. The maximum atomic E-state index is 13.1. The van der Waals surface area contributed by atoms with Gasteiger partial charge in [-0.1, -0.05) is 30.7 Å². The lowest BCUT2D eigenvalue weighted by Crippen LogP contribution is -2.53. The van der Waals surface area contributed by atoms with Gasteiger partial charge in [0.25, 0.3) is 0 Å². The quantitative estimate of drug-likeness (QED) is 0.906. The van der Waals surface area contributed by atoms with E-state index in [2.05, 4.69) is 46.3 Å². The van der Waals surface area contributed by atoms with Gasteiger partial charge < -0.3 is 15.1 Å². The number of nitrogens with zero attached hydrogens (tertiary/aromatic N) is 2. The third kappa shape index (κ3) is 3.96. The number of carbonyl (C=O) groups excluding carboxylic acids is 1. The lowest BCUT2D eigenvalue weighted by Gasteiger charge is -2.40. The topological polar surface area (TPSA) is 35.6 Å². The monoisotopic (exact) mass is 355 g/mol. The van der Waals surface area contributed by atoms with Crippen molar-refractivity contribution in [1.29, 1.82) is 0 Å². The molecular formula is C22H33N3O. The Bertz CT molecular complexity index is 632. The summed E-state index contributed by atoms with van der Waals surface area (Å²) in [5.41, 5.74) is 2.67. The van der Waals surface area contributed by atoms with Crippen molar-refractivity contribution in [2.45, 2.75) is 64.1 Å². The van der Waals surface area contributed by atoms with Crippen molar-refractivity contribution in [3.8, 4) is 0 Å². The molecule has 1 aromatic carbocycles. The van der Waals surface area contributed by atoms with Crippen LogP contribution in [-0.2, 0) is 17.8 Å². The molecule has 4 heteroatoms. The van der Waals surface area contributed by atoms with Gasteiger partial charge in [0.1, 0.15) is 0 Å². The zero-order valence-corrected chi connectivity index (χ0v) is 16.1. The van der Waals surface area contributed by atoms with Crippen LogP contribution >= 0.6 is 0 Å². The summed E-state index contributed by atoms with van der Waals surface area (Å²) in [5, 5.41) is 3.47. The number of likely N-dealkylation sites (tertiary alicyclic amines) is 2. The second kappa shape index (κ2) is 8.10. The molecule has 0 bridgehead atoms. The van der Waals surface area contributed by atoms with Crippen LogP contribution < -0.4 is 5.32 Å². The van der Waals surface area contributed by atoms with Crippen molar-refractivity contribution < 1.29 is 4.79 Å². The van der Waals surface area contributed by atoms with E-state index in [0.717, 1.165) is 32.5 Å². The molecular weight excluding hydrogens is 322 g/mol. The molecule has 4 nitrogen and oxygen atoms in total. The minimum atomic E-state index is -0.0439. The molecule has 3 heterocycles. The summed E-state index contributed by atoms with van der Waals surface area (Å²) in [7, 11) is 0. The average molecular weight is 356 g/mol. The second-order valence-electron chi connectivity index (χ2n) is 8.54. The predicted octanol–water partition coefficient (Wildman–Crippen LogP) is 2.81. The molecule has 3 aliphatic rings. The molecule has 2 fully saturated rings. The summed E-state index contributed by atoms with van der Waals surface area (Å²) in [5.74, 6) is 0.958. The Morgan fingerprint density at radius 2 is 1.96 bits per heavy atom. The highest BCUT2D eigenvalue weighted by molar-refractivity contribution is 5.82. The summed E-state index contributed by atoms with van der Waals surface area (Å²) in [6, 6.07) is 9.18. The molecule has 0 aliphatic carbocycles. The number of benzene rings is 1. The third-order valence-corrected chi connectivity index (χ3v) is 6.64. The molecule has 4 rings (SSSR count). The zero-order valence-electron chi connectivity index (χ0n) is 16.1. The SMILES string of the molecule is C[C@@H]1CCCCN1C[C@H]1CCCN(C(=O)[C@H]2Cc3ccccc3CN2)C1. The number of nitrogens with one attached hydrogen (secondary N) is 1. The number of fused-ring (bicyclic) bond motifs is 1. The summed E-state index contributed by atoms with van der Waals surface area (Å²) < 4.78 is 0. The van der Waals surface area contributed by atoms with Gasteiger partial charge in [0, 0.05) is 32.2 Å². The van der Waals surface area contributed by atoms with Crippen molar-refractivity contribution >= 4 is 5.91 Å². The third-order valence-electron chi connectivity index (χ3n) is 6.64. The number of piperidine rings is 2. The molecule has 2 saturated heterocycles. The first-order valence-electron chi connectivity index (χ1n) is 10.5. The van der Waals surface area contributed by atoms with Crippen LogP contribution in [0, 0.1) is 5.92 Å². The van der Waals surface area contributed by atoms with Gasteiger partial charge in [-0.2, -0.15) is 0 Å². The fourth-order valence-corrected chi connectivity index (χ4v) is 5.02. The zero-order chi connectivity index (χ0) is 17.9. The van der Waals surface area contributed by atoms with E-state index < -0.39 is 0 Å². The number of hydrogen-bond donors (Lipinski definition) is 1. The molecule has 0 aromatic heterocycles. The summed E-state index contributed by atoms with van der Waals surface area (Å²) in [4.78, 5) is 17.9. The molecule has 3 aliphatic heterocycles. The minimum Gasteiger partial charge on any atom is -0.341 e. The Kier molecular flexibility index (Phi) is 5.60. The van der Waals surface area contributed by atoms with Gasteiger partial charge in [0.15, 0.2) is 0 Å². The van der Waals surface area contributed by atoms with E-state index in [1.165, 1.54) is 49.9 Å². The van der Waals surface area contributed by atoms with Gasteiger partial charge in [-0.05, 0) is 62.6 Å². The first kappa shape index (κ1) is 18.0. The van der Waals surface area contributed by atoms with Crippen LogP contribution in [0.15, 0.2) is 24.3 Å². The average Bonchev–Trinajstić information content (AvgIpc) is 2.69. The number of carbonyl (C=O) groups is 1. The largest absolute Gasteiger partial charge is 0.341 e. The predicted molar refractivity (Wildman–Crippen MR) is 105 cm³/mol. The van der Waals surface area contributed by atoms with Gasteiger partial charge in [0.05, 0.1) is 6.04 Å². The Labute approximate surface area is 157 Å². The van der Waals surface area contributed by atoms with E-state index in [9.17, 15) is 4.79 Å². The summed E-state index contributed by atoms with van der Waals surface area (Å²) in [6.07, 6.45) is 7.31. The first-order valence-corrected chi connectivity index (χ1v) is 10.5. The molecule has 0 radical (unpaired) electrons. The Balaban J connectivity index is 1.35. The van der Waals surface area contributed by atoms with Crippen molar-refractivity contribution in [2.24, 2.45) is 5.92 Å². The molecule has 3 atom stereocenters. The van der Waals surface area contributed by atoms with Crippen molar-refractivity contribution in [3.63, 3.8) is 0 Å². The van der Waals surface area contributed by atoms with Crippen LogP contribution in [0.1, 0.15) is 50.2 Å². The molecule has 142 valence electrons. The van der Waals surface area contributed by atoms with Gasteiger partial charge in [-0.25, -0.2) is 0 Å². The van der Waals surface area contributed by atoms with E-state index in [-0.39, 0.29) is 6.04 Å². The van der Waals surface area contributed by atoms with Crippen LogP contribution in [0.5, 0.6) is 0 Å². The lowest BCUT2D eigenvalue weighted by atomic mass is 9.92. The van der Waals surface area contributed by atoms with Crippen molar-refractivity contribution in [3.05, 3.63) is 35.4 Å². The molecule has 1 N–H and O–H groups in total. The van der Waals surface area contributed by atoms with Gasteiger partial charge in [0.2, 0.25) is 5.91 Å². The van der Waals surface area contributed by atoms with Gasteiger partial charge >= 0.3 is 0 Å². The lowest BCUT2D eigenvalue weighted by molar-refractivity contribution is -0.135. The number of amides is 1. The smallest absolute Gasteiger partial charge is 0.240 e. The Hall–Kier alpha value is -1.39. The van der Waals surface area contributed by atoms with Crippen LogP contribution in [0.25, 0.3) is 0 Å². The fourth-order valence-electron chi connectivity index (χ4n) is 5.02. The Morgan fingerprint density at radius 1 is 1.12 bits per heavy atom. The maximum absolute atomic E-state index is 13.1. The van der Waals surface area contributed by atoms with Crippen molar-refractivity contribution in [1.82, 2.24) is 15.1 Å². The van der Waals surface area contributed by atoms with E-state index >= 15 is 0 Å². The van der Waals surface area contributed by atoms with E-state index in [1.807, 2.05) is 0 Å². The van der Waals surface area contributed by atoms with Crippen molar-refractivity contribution in [2.75, 3.05) is 26.2 Å². The van der Waals surface area contributed by atoms with E-state index in [0.29, 0.717) is 17.9 Å². The van der Waals surface area contributed by atoms with E-state index in [4.69, 9.17) is 0 Å². The van der Waals surface area contributed by atoms with Crippen LogP contribution in [0.4, 0.5) is 0 Å². The molecule has 1 aromatic rings. The summed E-state index contributed by atoms with van der Waals surface area (Å²) in [6.45, 7) is 7.48. The Morgan fingerprint density at radius 3 is 2.81 bits per heavy atom. The highest BCUT2D eigenvalue weighted by Crippen LogP contribution is 2.24. The highest BCUT2D eigenvalue weighted by Gasteiger charge is 2.32. The van der Waals surface area contributed by atoms with Crippen LogP contribution in [0.2, 0.25) is 0 Å². The maximum Gasteiger partial charge on any atom is 0.240 e. The normalized spacial score (nSPS) is 30.0. The standard InChI is InChI=1S/C22H33N3O/c1-17-7-4-5-11-24(17)15-18-8-6-12-25(16-18)22(26)21-13-19-9-2-3-10-20(19)14-23-21/h2-3,9-10,17-18,21,23H,4-8,11-16H2,1H3/t17-,18-,21-/m1/s1. The molecule has 0 spiro atoms. The van der Waals surface area contributed by atoms with Gasteiger partial charge in [-0.15, -0.1) is 0 Å². The van der Waals surface area contributed by atoms with Gasteiger partial charge in [-0.3, -0.25) is 4.79 Å². The molecule has 0 saturated carbocycles. The highest BCUT2D eigenvalue weighted by atomic mass is 16.2. The molecule has 26 heavy (non-hydrogen) atoms. The van der Waals surface area contributed by atoms with E-state index in [1.54, 1.807) is 0 Å². The fraction of sp³-hybridized carbons (Fsp3) is 0.682. The van der Waals surface area contributed by atoms with Crippen LogP contribution in [-0.4, -0.2) is 54.0 Å².